The van der Waals surface area contributed by atoms with Gasteiger partial charge in [-0.2, -0.15) is 4.98 Å². The molecule has 132 valence electrons. The van der Waals surface area contributed by atoms with Gasteiger partial charge in [-0.1, -0.05) is 25.4 Å². The number of nitrogens with two attached hydrogens (primary N) is 1. The Balaban J connectivity index is 1.96. The molecule has 2 heterocycles. The third-order valence-electron chi connectivity index (χ3n) is 4.47. The first kappa shape index (κ1) is 17.3. The van der Waals surface area contributed by atoms with Crippen LogP contribution in [0.5, 0.6) is 5.75 Å². The van der Waals surface area contributed by atoms with Crippen LogP contribution in [0.4, 0.5) is 17.5 Å². The summed E-state index contributed by atoms with van der Waals surface area (Å²) in [5.41, 5.74) is 5.80. The third-order valence-corrected chi connectivity index (χ3v) is 4.72. The van der Waals surface area contributed by atoms with Gasteiger partial charge in [-0.15, -0.1) is 0 Å². The molecule has 0 radical (unpaired) electrons. The number of hydrogen-bond donors (Lipinski definition) is 3. The number of nitrogen functional groups attached to an aromatic ring is 1. The van der Waals surface area contributed by atoms with Gasteiger partial charge in [0.25, 0.3) is 5.56 Å². The number of aliphatic imine (C=N–C) groups is 1. The Morgan fingerprint density at radius 1 is 1.24 bits per heavy atom. The van der Waals surface area contributed by atoms with Crippen molar-refractivity contribution in [2.75, 3.05) is 17.7 Å². The fraction of sp³-hybridized carbons (Fsp3) is 0.353. The van der Waals surface area contributed by atoms with E-state index in [1.54, 1.807) is 24.3 Å². The second kappa shape index (κ2) is 6.76. The van der Waals surface area contributed by atoms with Crippen LogP contribution in [0.15, 0.2) is 34.1 Å². The van der Waals surface area contributed by atoms with E-state index in [1.807, 2.05) is 0 Å². The van der Waals surface area contributed by atoms with Crippen LogP contribution in [0.25, 0.3) is 0 Å². The minimum atomic E-state index is -0.438. The maximum atomic E-state index is 12.2. The van der Waals surface area contributed by atoms with E-state index in [0.29, 0.717) is 16.6 Å². The Labute approximate surface area is 150 Å². The fourth-order valence-corrected chi connectivity index (χ4v) is 3.03. The number of rotatable bonds is 5. The van der Waals surface area contributed by atoms with Gasteiger partial charge in [0.15, 0.2) is 11.5 Å². The zero-order valence-electron chi connectivity index (χ0n) is 14.1. The molecule has 4 N–H and O–H groups in total. The number of halogens is 1. The van der Waals surface area contributed by atoms with Gasteiger partial charge in [-0.25, -0.2) is 4.99 Å². The standard InChI is InChI=1S/C17H20ClN5O2/c1-3-17(4-2)12(9-25-11-7-5-10(18)6-8-11)20-13-14(23-17)21-16(19)22-15(13)24/h5-8H,3-4,9H2,1-2H3,(H4,19,21,22,23,24). The van der Waals surface area contributed by atoms with Gasteiger partial charge in [0.1, 0.15) is 12.4 Å². The van der Waals surface area contributed by atoms with E-state index in [-0.39, 0.29) is 23.8 Å². The predicted molar refractivity (Wildman–Crippen MR) is 100 cm³/mol. The monoisotopic (exact) mass is 361 g/mol. The number of anilines is 2. The van der Waals surface area contributed by atoms with E-state index in [0.717, 1.165) is 18.6 Å². The lowest BCUT2D eigenvalue weighted by Crippen LogP contribution is -2.50. The maximum absolute atomic E-state index is 12.2. The van der Waals surface area contributed by atoms with Crippen molar-refractivity contribution in [2.45, 2.75) is 32.2 Å². The molecule has 25 heavy (non-hydrogen) atoms. The smallest absolute Gasteiger partial charge is 0.280 e. The number of aromatic nitrogens is 2. The minimum absolute atomic E-state index is 0.0634. The largest absolute Gasteiger partial charge is 0.488 e. The summed E-state index contributed by atoms with van der Waals surface area (Å²) in [7, 11) is 0. The molecule has 1 aromatic heterocycles. The maximum Gasteiger partial charge on any atom is 0.280 e. The molecule has 1 aliphatic rings. The highest BCUT2D eigenvalue weighted by Gasteiger charge is 2.37. The number of H-pyrrole nitrogens is 1. The van der Waals surface area contributed by atoms with E-state index in [1.165, 1.54) is 0 Å². The van der Waals surface area contributed by atoms with Gasteiger partial charge >= 0.3 is 0 Å². The quantitative estimate of drug-likeness (QED) is 0.758. The number of ether oxygens (including phenoxy) is 1. The molecular formula is C17H20ClN5O2. The van der Waals surface area contributed by atoms with Crippen molar-refractivity contribution in [3.05, 3.63) is 39.6 Å². The number of benzene rings is 1. The number of nitrogens with one attached hydrogen (secondary N) is 2. The van der Waals surface area contributed by atoms with Crippen LogP contribution in [-0.4, -0.2) is 27.8 Å². The number of nitrogens with zero attached hydrogens (tertiary/aromatic N) is 2. The molecule has 0 saturated heterocycles. The fourth-order valence-electron chi connectivity index (χ4n) is 2.90. The van der Waals surface area contributed by atoms with Crippen molar-refractivity contribution in [1.29, 1.82) is 0 Å². The summed E-state index contributed by atoms with van der Waals surface area (Å²) in [5, 5.41) is 3.99. The summed E-state index contributed by atoms with van der Waals surface area (Å²) in [5.74, 6) is 1.15. The summed E-state index contributed by atoms with van der Waals surface area (Å²) in [6.07, 6.45) is 1.53. The molecule has 8 heteroatoms. The van der Waals surface area contributed by atoms with E-state index >= 15 is 0 Å². The first-order valence-electron chi connectivity index (χ1n) is 8.12. The van der Waals surface area contributed by atoms with Gasteiger partial charge in [0.05, 0.1) is 11.3 Å². The van der Waals surface area contributed by atoms with Crippen molar-refractivity contribution >= 4 is 34.8 Å². The Hall–Kier alpha value is -2.54. The van der Waals surface area contributed by atoms with Crippen LogP contribution in [0.1, 0.15) is 26.7 Å². The predicted octanol–water partition coefficient (Wildman–Crippen LogP) is 3.14. The summed E-state index contributed by atoms with van der Waals surface area (Å²) in [4.78, 5) is 23.4. The highest BCUT2D eigenvalue weighted by Crippen LogP contribution is 2.33. The topological polar surface area (TPSA) is 105 Å². The lowest BCUT2D eigenvalue weighted by molar-refractivity contribution is 0.363. The molecule has 1 aliphatic heterocycles. The lowest BCUT2D eigenvalue weighted by atomic mass is 9.86. The average Bonchev–Trinajstić information content (AvgIpc) is 2.60. The summed E-state index contributed by atoms with van der Waals surface area (Å²) in [6.45, 7) is 4.35. The van der Waals surface area contributed by atoms with Crippen LogP contribution in [0.3, 0.4) is 0 Å². The first-order valence-corrected chi connectivity index (χ1v) is 8.49. The molecule has 0 saturated carbocycles. The molecule has 3 rings (SSSR count). The zero-order chi connectivity index (χ0) is 18.0. The second-order valence-corrected chi connectivity index (χ2v) is 6.30. The Bertz CT molecular complexity index is 856. The van der Waals surface area contributed by atoms with E-state index in [4.69, 9.17) is 22.1 Å². The average molecular weight is 362 g/mol. The highest BCUT2D eigenvalue weighted by molar-refractivity contribution is 6.30. The molecule has 0 fully saturated rings. The number of aromatic amines is 1. The Morgan fingerprint density at radius 3 is 2.56 bits per heavy atom. The summed E-state index contributed by atoms with van der Waals surface area (Å²) in [6, 6.07) is 7.11. The molecule has 2 aromatic rings. The lowest BCUT2D eigenvalue weighted by Gasteiger charge is -2.37. The molecule has 7 nitrogen and oxygen atoms in total. The van der Waals surface area contributed by atoms with Crippen LogP contribution in [0, 0.1) is 0 Å². The van der Waals surface area contributed by atoms with E-state index < -0.39 is 5.54 Å². The van der Waals surface area contributed by atoms with Crippen LogP contribution < -0.4 is 21.3 Å². The van der Waals surface area contributed by atoms with Crippen molar-refractivity contribution in [1.82, 2.24) is 9.97 Å². The molecule has 0 amide bonds. The van der Waals surface area contributed by atoms with Gasteiger partial charge < -0.3 is 15.8 Å². The summed E-state index contributed by atoms with van der Waals surface area (Å²) < 4.78 is 5.85. The van der Waals surface area contributed by atoms with Crippen LogP contribution in [-0.2, 0) is 0 Å². The van der Waals surface area contributed by atoms with E-state index in [9.17, 15) is 4.79 Å². The van der Waals surface area contributed by atoms with Gasteiger partial charge in [-0.3, -0.25) is 9.78 Å². The molecule has 0 bridgehead atoms. The van der Waals surface area contributed by atoms with E-state index in [2.05, 4.69) is 34.1 Å². The third kappa shape index (κ3) is 3.32. The SMILES string of the molecule is CCC1(CC)Nc2nc(N)[nH]c(=O)c2N=C1COc1ccc(Cl)cc1. The highest BCUT2D eigenvalue weighted by atomic mass is 35.5. The second-order valence-electron chi connectivity index (χ2n) is 5.86. The van der Waals surface area contributed by atoms with Gasteiger partial charge in [-0.05, 0) is 37.1 Å². The van der Waals surface area contributed by atoms with Gasteiger partial charge in [0, 0.05) is 5.02 Å². The minimum Gasteiger partial charge on any atom is -0.488 e. The van der Waals surface area contributed by atoms with Crippen molar-refractivity contribution in [2.24, 2.45) is 4.99 Å². The molecule has 0 atom stereocenters. The van der Waals surface area contributed by atoms with Crippen LogP contribution in [0.2, 0.25) is 5.02 Å². The number of fused-ring (bicyclic) bond motifs is 1. The molecular weight excluding hydrogens is 342 g/mol. The Morgan fingerprint density at radius 2 is 1.92 bits per heavy atom. The molecule has 0 spiro atoms. The van der Waals surface area contributed by atoms with Crippen molar-refractivity contribution in [3.8, 4) is 5.75 Å². The first-order chi connectivity index (χ1) is 12.0. The molecule has 0 unspecified atom stereocenters. The zero-order valence-corrected chi connectivity index (χ0v) is 14.9. The molecule has 0 aliphatic carbocycles. The normalized spacial score (nSPS) is 15.1. The Kier molecular flexibility index (Phi) is 4.67. The van der Waals surface area contributed by atoms with Crippen LogP contribution >= 0.6 is 11.6 Å². The molecule has 1 aromatic carbocycles. The van der Waals surface area contributed by atoms with Gasteiger partial charge in [0.2, 0.25) is 5.95 Å². The summed E-state index contributed by atoms with van der Waals surface area (Å²) >= 11 is 5.89. The van der Waals surface area contributed by atoms with Crippen molar-refractivity contribution in [3.63, 3.8) is 0 Å². The number of hydrogen-bond acceptors (Lipinski definition) is 6. The van der Waals surface area contributed by atoms with Crippen molar-refractivity contribution < 1.29 is 4.74 Å².